The van der Waals surface area contributed by atoms with Crippen molar-refractivity contribution in [3.8, 4) is 11.6 Å². The first kappa shape index (κ1) is 28.4. The Hall–Kier alpha value is -3.59. The number of ether oxygens (including phenoxy) is 1. The monoisotopic (exact) mass is 573 g/mol. The van der Waals surface area contributed by atoms with Gasteiger partial charge >= 0.3 is 6.18 Å². The molecule has 0 saturated carbocycles. The highest BCUT2D eigenvalue weighted by Crippen LogP contribution is 2.38. The molecule has 1 fully saturated rings. The van der Waals surface area contributed by atoms with Crippen molar-refractivity contribution in [1.29, 1.82) is 0 Å². The van der Waals surface area contributed by atoms with E-state index >= 15 is 0 Å². The maximum absolute atomic E-state index is 14.4. The summed E-state index contributed by atoms with van der Waals surface area (Å²) in [6.07, 6.45) is -4.27. The lowest BCUT2D eigenvalue weighted by Crippen LogP contribution is -2.47. The third-order valence-electron chi connectivity index (χ3n) is 6.29. The second kappa shape index (κ2) is 10.5. The largest absolute Gasteiger partial charge is 0.480 e. The molecule has 4 rings (SSSR count). The Morgan fingerprint density at radius 3 is 2.49 bits per heavy atom. The minimum atomic E-state index is -4.60. The number of hydrogen-bond donors (Lipinski definition) is 1. The zero-order valence-electron chi connectivity index (χ0n) is 20.7. The molecule has 0 aliphatic carbocycles. The predicted octanol–water partition coefficient (Wildman–Crippen LogP) is 3.63. The molecule has 0 bridgehead atoms. The van der Waals surface area contributed by atoms with Crippen molar-refractivity contribution in [3.05, 3.63) is 65.9 Å². The lowest BCUT2D eigenvalue weighted by atomic mass is 9.95. The van der Waals surface area contributed by atoms with E-state index in [1.54, 1.807) is 0 Å². The molecule has 1 aliphatic heterocycles. The van der Waals surface area contributed by atoms with Crippen LogP contribution in [0.25, 0.3) is 5.69 Å². The summed E-state index contributed by atoms with van der Waals surface area (Å²) in [7, 11) is -2.90. The zero-order valence-corrected chi connectivity index (χ0v) is 21.6. The fourth-order valence-corrected chi connectivity index (χ4v) is 6.25. The van der Waals surface area contributed by atoms with E-state index < -0.39 is 51.9 Å². The van der Waals surface area contributed by atoms with Gasteiger partial charge in [-0.2, -0.15) is 17.5 Å². The Labute approximate surface area is 220 Å². The van der Waals surface area contributed by atoms with Crippen LogP contribution in [0.15, 0.2) is 53.7 Å². The number of benzene rings is 1. The topological polar surface area (TPSA) is 106 Å². The molecule has 3 heterocycles. The van der Waals surface area contributed by atoms with Gasteiger partial charge in [-0.3, -0.25) is 4.79 Å². The molecule has 1 aliphatic rings. The maximum atomic E-state index is 14.4. The summed E-state index contributed by atoms with van der Waals surface area (Å²) in [6.45, 7) is 0.893. The minimum Gasteiger partial charge on any atom is -0.480 e. The molecule has 1 amide bonds. The van der Waals surface area contributed by atoms with E-state index in [0.717, 1.165) is 40.8 Å². The number of methoxy groups -OCH3 is 1. The maximum Gasteiger partial charge on any atom is 0.433 e. The molecule has 0 radical (unpaired) electrons. The van der Waals surface area contributed by atoms with Crippen molar-refractivity contribution in [3.63, 3.8) is 0 Å². The van der Waals surface area contributed by atoms with Crippen molar-refractivity contribution in [1.82, 2.24) is 24.4 Å². The molecule has 1 saturated heterocycles. The number of hydrogen-bond acceptors (Lipinski definition) is 6. The average molecular weight is 574 g/mol. The van der Waals surface area contributed by atoms with Gasteiger partial charge in [-0.05, 0) is 49.7 Å². The Kier molecular flexibility index (Phi) is 7.67. The van der Waals surface area contributed by atoms with Gasteiger partial charge in [0.05, 0.1) is 29.5 Å². The van der Waals surface area contributed by atoms with E-state index in [-0.39, 0.29) is 35.8 Å². The lowest BCUT2D eigenvalue weighted by Gasteiger charge is -2.33. The highest BCUT2D eigenvalue weighted by Gasteiger charge is 2.49. The predicted molar refractivity (Wildman–Crippen MR) is 128 cm³/mol. The highest BCUT2D eigenvalue weighted by atomic mass is 32.2. The van der Waals surface area contributed by atoms with Crippen LogP contribution in [-0.4, -0.2) is 58.8 Å². The van der Waals surface area contributed by atoms with Gasteiger partial charge in [0.1, 0.15) is 17.7 Å². The van der Waals surface area contributed by atoms with E-state index in [1.807, 2.05) is 0 Å². The number of carbonyl (C=O) groups excluding carboxylic acids is 1. The minimum absolute atomic E-state index is 0.0895. The standard InChI is InChI=1S/C24H24F5N5O4S/c1-23(9-17(26)14-34(23)39(36,37)19-6-3-16(25)4-7-19)10-21(35)31-11-15-13-33(32-22(15)38-2)18-5-8-20(30-12-18)24(27,28)29/h3-8,12-13,17H,9-11,14H2,1-2H3,(H,31,35). The molecule has 15 heteroatoms. The van der Waals surface area contributed by atoms with Gasteiger partial charge in [-0.25, -0.2) is 26.9 Å². The molecule has 2 aromatic heterocycles. The van der Waals surface area contributed by atoms with Gasteiger partial charge in [0.2, 0.25) is 21.8 Å². The van der Waals surface area contributed by atoms with Crippen LogP contribution in [0.1, 0.15) is 31.0 Å². The van der Waals surface area contributed by atoms with Crippen LogP contribution in [-0.2, 0) is 27.5 Å². The van der Waals surface area contributed by atoms with Crippen LogP contribution in [0.3, 0.4) is 0 Å². The number of rotatable bonds is 8. The Morgan fingerprint density at radius 1 is 1.21 bits per heavy atom. The summed E-state index contributed by atoms with van der Waals surface area (Å²) >= 11 is 0. The molecule has 1 aromatic carbocycles. The second-order valence-electron chi connectivity index (χ2n) is 9.25. The van der Waals surface area contributed by atoms with Gasteiger partial charge in [-0.1, -0.05) is 0 Å². The van der Waals surface area contributed by atoms with Gasteiger partial charge in [0, 0.05) is 31.2 Å². The van der Waals surface area contributed by atoms with Crippen LogP contribution >= 0.6 is 0 Å². The molecule has 39 heavy (non-hydrogen) atoms. The Morgan fingerprint density at radius 2 is 1.90 bits per heavy atom. The van der Waals surface area contributed by atoms with Gasteiger partial charge in [-0.15, -0.1) is 5.10 Å². The number of sulfonamides is 1. The van der Waals surface area contributed by atoms with Crippen LogP contribution in [0.4, 0.5) is 22.0 Å². The van der Waals surface area contributed by atoms with Crippen LogP contribution < -0.4 is 10.1 Å². The van der Waals surface area contributed by atoms with Crippen molar-refractivity contribution in [2.24, 2.45) is 0 Å². The summed E-state index contributed by atoms with van der Waals surface area (Å²) in [5.74, 6) is -1.13. The van der Waals surface area contributed by atoms with Crippen molar-refractivity contribution >= 4 is 15.9 Å². The summed E-state index contributed by atoms with van der Waals surface area (Å²) < 4.78 is 99.8. The van der Waals surface area contributed by atoms with Crippen LogP contribution in [0.2, 0.25) is 0 Å². The first-order valence-electron chi connectivity index (χ1n) is 11.6. The average Bonchev–Trinajstić information content (AvgIpc) is 3.42. The second-order valence-corrected chi connectivity index (χ2v) is 11.1. The number of pyridine rings is 1. The third-order valence-corrected chi connectivity index (χ3v) is 8.33. The summed E-state index contributed by atoms with van der Waals surface area (Å²) in [4.78, 5) is 16.0. The number of halogens is 5. The molecule has 9 nitrogen and oxygen atoms in total. The van der Waals surface area contributed by atoms with Crippen molar-refractivity contribution < 1.29 is 39.9 Å². The smallest absolute Gasteiger partial charge is 0.433 e. The Balaban J connectivity index is 1.47. The first-order chi connectivity index (χ1) is 18.2. The van der Waals surface area contributed by atoms with Crippen molar-refractivity contribution in [2.75, 3.05) is 13.7 Å². The number of nitrogens with one attached hydrogen (secondary N) is 1. The molecule has 0 spiro atoms. The number of aromatic nitrogens is 3. The van der Waals surface area contributed by atoms with E-state index in [4.69, 9.17) is 4.74 Å². The molecule has 2 unspecified atom stereocenters. The molecule has 3 aromatic rings. The third kappa shape index (κ3) is 6.03. The quantitative estimate of drug-likeness (QED) is 0.413. The Bertz CT molecular complexity index is 1450. The summed E-state index contributed by atoms with van der Waals surface area (Å²) in [5.41, 5.74) is -1.87. The van der Waals surface area contributed by atoms with E-state index in [0.29, 0.717) is 5.56 Å². The normalized spacial score (nSPS) is 20.2. The van der Waals surface area contributed by atoms with Crippen LogP contribution in [0, 0.1) is 5.82 Å². The number of carbonyl (C=O) groups is 1. The number of alkyl halides is 4. The summed E-state index contributed by atoms with van der Waals surface area (Å²) in [5, 5.41) is 6.76. The number of nitrogens with zero attached hydrogens (tertiary/aromatic N) is 4. The molecular weight excluding hydrogens is 549 g/mol. The van der Waals surface area contributed by atoms with Gasteiger partial charge in [0.15, 0.2) is 0 Å². The van der Waals surface area contributed by atoms with E-state index in [9.17, 15) is 35.2 Å². The van der Waals surface area contributed by atoms with Gasteiger partial charge in [0.25, 0.3) is 0 Å². The highest BCUT2D eigenvalue weighted by molar-refractivity contribution is 7.89. The fraction of sp³-hybridized carbons (Fsp3) is 0.375. The summed E-state index contributed by atoms with van der Waals surface area (Å²) in [6, 6.07) is 6.09. The molecule has 1 N–H and O–H groups in total. The molecule has 2 atom stereocenters. The fourth-order valence-electron chi connectivity index (χ4n) is 4.44. The van der Waals surface area contributed by atoms with E-state index in [2.05, 4.69) is 15.4 Å². The zero-order chi connectivity index (χ0) is 28.6. The van der Waals surface area contributed by atoms with E-state index in [1.165, 1.54) is 31.0 Å². The van der Waals surface area contributed by atoms with Crippen molar-refractivity contribution in [2.45, 2.75) is 49.1 Å². The lowest BCUT2D eigenvalue weighted by molar-refractivity contribution is -0.141. The first-order valence-corrected chi connectivity index (χ1v) is 13.0. The van der Waals surface area contributed by atoms with Gasteiger partial charge < -0.3 is 10.1 Å². The molecule has 210 valence electrons. The number of amides is 1. The van der Waals surface area contributed by atoms with Crippen LogP contribution in [0.5, 0.6) is 5.88 Å². The SMILES string of the molecule is COc1nn(-c2ccc(C(F)(F)F)nc2)cc1CNC(=O)CC1(C)CC(F)CN1S(=O)(=O)c1ccc(F)cc1. The molecular formula is C24H24F5N5O4S.